The summed E-state index contributed by atoms with van der Waals surface area (Å²) in [6.07, 6.45) is 8.84. The third kappa shape index (κ3) is 4.66. The van der Waals surface area contributed by atoms with Crippen molar-refractivity contribution >= 4 is 11.8 Å². The summed E-state index contributed by atoms with van der Waals surface area (Å²) in [7, 11) is 4.04. The molecule has 0 fully saturated rings. The molecule has 1 unspecified atom stereocenters. The monoisotopic (exact) mass is 421 g/mol. The van der Waals surface area contributed by atoms with Crippen molar-refractivity contribution < 1.29 is 4.74 Å². The molecule has 160 valence electrons. The van der Waals surface area contributed by atoms with E-state index in [0.29, 0.717) is 23.3 Å². The molecule has 0 bridgehead atoms. The zero-order valence-electron chi connectivity index (χ0n) is 19.0. The molecule has 2 aromatic carbocycles. The molecule has 4 nitrogen and oxygen atoms in total. The smallest absolute Gasteiger partial charge is 0.158 e. The summed E-state index contributed by atoms with van der Waals surface area (Å²) in [6.45, 7) is 3.62. The quantitative estimate of drug-likeness (QED) is 0.515. The van der Waals surface area contributed by atoms with Crippen molar-refractivity contribution in [2.45, 2.75) is 25.9 Å². The average Bonchev–Trinajstić information content (AvgIpc) is 3.12. The lowest BCUT2D eigenvalue weighted by Gasteiger charge is -2.27. The van der Waals surface area contributed by atoms with E-state index in [0.717, 1.165) is 22.4 Å². The lowest BCUT2D eigenvalue weighted by Crippen LogP contribution is -2.23. The molecule has 1 aliphatic rings. The van der Waals surface area contributed by atoms with Crippen LogP contribution >= 0.6 is 0 Å². The van der Waals surface area contributed by atoms with Gasteiger partial charge < -0.3 is 9.64 Å². The van der Waals surface area contributed by atoms with Gasteiger partial charge in [0, 0.05) is 25.4 Å². The number of hydrogen-bond acceptors (Lipinski definition) is 4. The van der Waals surface area contributed by atoms with Gasteiger partial charge in [0.1, 0.15) is 11.6 Å². The first-order valence-corrected chi connectivity index (χ1v) is 10.5. The molecule has 0 aromatic heterocycles. The van der Waals surface area contributed by atoms with Gasteiger partial charge in [-0.25, -0.2) is 0 Å². The van der Waals surface area contributed by atoms with Crippen LogP contribution in [0.1, 0.15) is 31.4 Å². The van der Waals surface area contributed by atoms with Crippen LogP contribution < -0.4 is 4.90 Å². The van der Waals surface area contributed by atoms with Crippen LogP contribution in [0.5, 0.6) is 0 Å². The van der Waals surface area contributed by atoms with E-state index in [9.17, 15) is 10.5 Å². The molecule has 4 heteroatoms. The molecule has 1 heterocycles. The fourth-order valence-corrected chi connectivity index (χ4v) is 3.66. The lowest BCUT2D eigenvalue weighted by atomic mass is 9.86. The van der Waals surface area contributed by atoms with Gasteiger partial charge in [0.05, 0.1) is 11.6 Å². The van der Waals surface area contributed by atoms with Crippen LogP contribution in [0.25, 0.3) is 6.08 Å². The summed E-state index contributed by atoms with van der Waals surface area (Å²) >= 11 is 0. The molecule has 0 saturated heterocycles. The maximum absolute atomic E-state index is 9.86. The summed E-state index contributed by atoms with van der Waals surface area (Å²) in [5.41, 5.74) is 3.97. The number of nitrogens with zero attached hydrogens (tertiary/aromatic N) is 3. The molecule has 0 amide bonds. The Morgan fingerprint density at radius 3 is 2.25 bits per heavy atom. The highest BCUT2D eigenvalue weighted by molar-refractivity contribution is 5.60. The van der Waals surface area contributed by atoms with Crippen molar-refractivity contribution in [1.29, 1.82) is 10.5 Å². The first-order valence-electron chi connectivity index (χ1n) is 10.5. The van der Waals surface area contributed by atoms with Gasteiger partial charge in [-0.05, 0) is 43.5 Å². The number of benzene rings is 2. The highest BCUT2D eigenvalue weighted by Crippen LogP contribution is 2.46. The SMILES string of the molecule is C/C(C#N)=C1/OC(C)(c2ccccc2)C(/C=C/C/C=C/c2ccc(N(C)C)cc2)=C1C#N. The zero-order valence-corrected chi connectivity index (χ0v) is 19.0. The summed E-state index contributed by atoms with van der Waals surface area (Å²) in [4.78, 5) is 2.07. The Balaban J connectivity index is 1.87. The van der Waals surface area contributed by atoms with E-state index in [4.69, 9.17) is 4.74 Å². The molecule has 0 radical (unpaired) electrons. The predicted molar refractivity (Wildman–Crippen MR) is 129 cm³/mol. The molecule has 0 saturated carbocycles. The van der Waals surface area contributed by atoms with Gasteiger partial charge in [-0.3, -0.25) is 0 Å². The average molecular weight is 422 g/mol. The summed E-state index contributed by atoms with van der Waals surface area (Å²) in [5, 5.41) is 19.2. The Hall–Kier alpha value is -4.02. The predicted octanol–water partition coefficient (Wildman–Crippen LogP) is 6.28. The molecule has 0 spiro atoms. The Bertz CT molecular complexity index is 1170. The Morgan fingerprint density at radius 1 is 1.00 bits per heavy atom. The molecular formula is C28H27N3O. The minimum absolute atomic E-state index is 0.359. The maximum atomic E-state index is 9.86. The van der Waals surface area contributed by atoms with Crippen LogP contribution in [0.3, 0.4) is 0 Å². The second-order valence-corrected chi connectivity index (χ2v) is 7.99. The summed E-state index contributed by atoms with van der Waals surface area (Å²) < 4.78 is 6.25. The Labute approximate surface area is 190 Å². The number of nitriles is 2. The van der Waals surface area contributed by atoms with E-state index in [2.05, 4.69) is 53.5 Å². The van der Waals surface area contributed by atoms with Crippen molar-refractivity contribution in [3.8, 4) is 12.1 Å². The van der Waals surface area contributed by atoms with Gasteiger partial charge in [0.25, 0.3) is 0 Å². The third-order valence-electron chi connectivity index (χ3n) is 5.54. The number of hydrogen-bond donors (Lipinski definition) is 0. The first kappa shape index (κ1) is 22.7. The van der Waals surface area contributed by atoms with Crippen LogP contribution in [0, 0.1) is 22.7 Å². The molecule has 32 heavy (non-hydrogen) atoms. The van der Waals surface area contributed by atoms with Crippen LogP contribution in [-0.2, 0) is 10.3 Å². The van der Waals surface area contributed by atoms with Crippen LogP contribution in [0.4, 0.5) is 5.69 Å². The fraction of sp³-hybridized carbons (Fsp3) is 0.214. The third-order valence-corrected chi connectivity index (χ3v) is 5.54. The Morgan fingerprint density at radius 2 is 1.66 bits per heavy atom. The van der Waals surface area contributed by atoms with E-state index in [1.54, 1.807) is 6.92 Å². The highest BCUT2D eigenvalue weighted by Gasteiger charge is 2.42. The normalized spacial score (nSPS) is 19.7. The zero-order chi connectivity index (χ0) is 23.1. The van der Waals surface area contributed by atoms with Crippen LogP contribution in [0.2, 0.25) is 0 Å². The molecule has 1 atom stereocenters. The van der Waals surface area contributed by atoms with Crippen LogP contribution in [0.15, 0.2) is 95.3 Å². The maximum Gasteiger partial charge on any atom is 0.158 e. The van der Waals surface area contributed by atoms with Crippen molar-refractivity contribution in [1.82, 2.24) is 0 Å². The van der Waals surface area contributed by atoms with Gasteiger partial charge in [-0.1, -0.05) is 66.8 Å². The minimum Gasteiger partial charge on any atom is -0.476 e. The molecular weight excluding hydrogens is 394 g/mol. The van der Waals surface area contributed by atoms with Gasteiger partial charge in [-0.15, -0.1) is 0 Å². The van der Waals surface area contributed by atoms with Crippen molar-refractivity contribution in [3.05, 3.63) is 106 Å². The van der Waals surface area contributed by atoms with E-state index in [-0.39, 0.29) is 0 Å². The second-order valence-electron chi connectivity index (χ2n) is 7.99. The van der Waals surface area contributed by atoms with E-state index in [1.807, 2.05) is 63.5 Å². The number of allylic oxidation sites excluding steroid dienone is 4. The first-order chi connectivity index (χ1) is 15.4. The topological polar surface area (TPSA) is 60.0 Å². The summed E-state index contributed by atoms with van der Waals surface area (Å²) in [5.74, 6) is 0.359. The summed E-state index contributed by atoms with van der Waals surface area (Å²) in [6, 6.07) is 22.5. The van der Waals surface area contributed by atoms with Crippen LogP contribution in [-0.4, -0.2) is 14.1 Å². The van der Waals surface area contributed by atoms with Gasteiger partial charge in [-0.2, -0.15) is 10.5 Å². The molecule has 0 N–H and O–H groups in total. The standard InChI is InChI=1S/C28H27N3O/c1-21(19-29)27-25(20-30)26(28(2,32-27)23-12-8-6-9-13-23)14-10-5-7-11-22-15-17-24(18-16-22)31(3)4/h6-18H,5H2,1-4H3/b11-7+,14-10+,27-21-. The van der Waals surface area contributed by atoms with Gasteiger partial charge >= 0.3 is 0 Å². The van der Waals surface area contributed by atoms with Gasteiger partial charge in [0.2, 0.25) is 0 Å². The Kier molecular flexibility index (Phi) is 6.98. The van der Waals surface area contributed by atoms with Crippen molar-refractivity contribution in [3.63, 3.8) is 0 Å². The van der Waals surface area contributed by atoms with Crippen molar-refractivity contribution in [2.24, 2.45) is 0 Å². The fourth-order valence-electron chi connectivity index (χ4n) is 3.66. The van der Waals surface area contributed by atoms with E-state index in [1.165, 1.54) is 0 Å². The highest BCUT2D eigenvalue weighted by atomic mass is 16.5. The molecule has 0 aliphatic carbocycles. The molecule has 1 aliphatic heterocycles. The second kappa shape index (κ2) is 9.86. The molecule has 3 rings (SSSR count). The van der Waals surface area contributed by atoms with E-state index < -0.39 is 5.60 Å². The number of ether oxygens (including phenoxy) is 1. The minimum atomic E-state index is -0.831. The van der Waals surface area contributed by atoms with Crippen molar-refractivity contribution in [2.75, 3.05) is 19.0 Å². The van der Waals surface area contributed by atoms with E-state index >= 15 is 0 Å². The molecule has 2 aromatic rings. The number of anilines is 1. The largest absolute Gasteiger partial charge is 0.476 e. The lowest BCUT2D eigenvalue weighted by molar-refractivity contribution is 0.0749. The number of rotatable bonds is 6. The van der Waals surface area contributed by atoms with Gasteiger partial charge in [0.15, 0.2) is 11.4 Å².